The minimum Gasteiger partial charge on any atom is -0.370 e. The van der Waals surface area contributed by atoms with Gasteiger partial charge in [0.05, 0.1) is 6.54 Å². The van der Waals surface area contributed by atoms with Crippen molar-refractivity contribution in [3.8, 4) is 0 Å². The van der Waals surface area contributed by atoms with Gasteiger partial charge in [-0.3, -0.25) is 4.99 Å². The third-order valence-electron chi connectivity index (χ3n) is 4.41. The molecule has 3 N–H and O–H groups in total. The molecule has 2 aromatic rings. The second-order valence-corrected chi connectivity index (χ2v) is 6.82. The van der Waals surface area contributed by atoms with Crippen LogP contribution in [0.1, 0.15) is 5.69 Å². The van der Waals surface area contributed by atoms with Crippen molar-refractivity contribution in [1.82, 2.24) is 14.9 Å². The summed E-state index contributed by atoms with van der Waals surface area (Å²) in [5.41, 5.74) is 6.16. The van der Waals surface area contributed by atoms with Crippen molar-refractivity contribution in [3.05, 3.63) is 47.2 Å². The molecule has 11 heteroatoms. The number of nitrogens with zero attached hydrogens (tertiary/aromatic N) is 5. The highest BCUT2D eigenvalue weighted by Crippen LogP contribution is 2.27. The lowest BCUT2D eigenvalue weighted by Crippen LogP contribution is -2.51. The molecule has 0 aliphatic carbocycles. The van der Waals surface area contributed by atoms with Crippen LogP contribution in [0.15, 0.2) is 41.5 Å². The van der Waals surface area contributed by atoms with E-state index < -0.39 is 11.9 Å². The first kappa shape index (κ1) is 21.0. The first-order valence-electron chi connectivity index (χ1n) is 9.02. The van der Waals surface area contributed by atoms with E-state index >= 15 is 0 Å². The molecule has 2 heterocycles. The van der Waals surface area contributed by atoms with Crippen LogP contribution in [0.4, 0.5) is 24.8 Å². The predicted molar refractivity (Wildman–Crippen MR) is 107 cm³/mol. The molecule has 1 saturated heterocycles. The Morgan fingerprint density at radius 3 is 2.48 bits per heavy atom. The van der Waals surface area contributed by atoms with Crippen molar-refractivity contribution in [1.29, 1.82) is 0 Å². The van der Waals surface area contributed by atoms with E-state index in [-0.39, 0.29) is 12.5 Å². The second-order valence-electron chi connectivity index (χ2n) is 6.38. The lowest BCUT2D eigenvalue weighted by molar-refractivity contribution is -0.141. The van der Waals surface area contributed by atoms with Crippen LogP contribution in [-0.4, -0.2) is 60.1 Å². The molecule has 0 bridgehead atoms. The lowest BCUT2D eigenvalue weighted by Gasteiger charge is -2.36. The zero-order valence-electron chi connectivity index (χ0n) is 15.5. The molecule has 1 aliphatic heterocycles. The summed E-state index contributed by atoms with van der Waals surface area (Å²) in [7, 11) is 0. The van der Waals surface area contributed by atoms with Gasteiger partial charge in [-0.15, -0.1) is 0 Å². The molecule has 0 saturated carbocycles. The van der Waals surface area contributed by atoms with Gasteiger partial charge in [0, 0.05) is 49.6 Å². The van der Waals surface area contributed by atoms with Gasteiger partial charge in [-0.05, 0) is 30.3 Å². The highest BCUT2D eigenvalue weighted by atomic mass is 35.5. The summed E-state index contributed by atoms with van der Waals surface area (Å²) in [5, 5.41) is 3.43. The number of nitrogens with two attached hydrogens (primary N) is 1. The first-order chi connectivity index (χ1) is 13.8. The Hall–Kier alpha value is -2.75. The molecule has 0 atom stereocenters. The summed E-state index contributed by atoms with van der Waals surface area (Å²) in [6.07, 6.45) is -3.44. The number of hydrogen-bond donors (Lipinski definition) is 2. The molecule has 29 heavy (non-hydrogen) atoms. The molecule has 1 aliphatic rings. The van der Waals surface area contributed by atoms with Gasteiger partial charge in [-0.2, -0.15) is 13.2 Å². The summed E-state index contributed by atoms with van der Waals surface area (Å²) in [6, 6.07) is 8.51. The molecule has 0 spiro atoms. The van der Waals surface area contributed by atoms with Crippen molar-refractivity contribution in [2.24, 2.45) is 10.7 Å². The Bertz CT molecular complexity index is 834. The average Bonchev–Trinajstić information content (AvgIpc) is 2.71. The predicted octanol–water partition coefficient (Wildman–Crippen LogP) is 2.70. The summed E-state index contributed by atoms with van der Waals surface area (Å²) >= 11 is 5.92. The van der Waals surface area contributed by atoms with Gasteiger partial charge in [0.1, 0.15) is 5.69 Å². The molecule has 1 aromatic heterocycles. The van der Waals surface area contributed by atoms with Gasteiger partial charge in [0.25, 0.3) is 0 Å². The SMILES string of the molecule is NC(=NCCNc1nccc(C(F)(F)F)n1)N1CCN(c2ccc(Cl)cc2)CC1. The molecular weight excluding hydrogens is 407 g/mol. The van der Waals surface area contributed by atoms with E-state index in [0.717, 1.165) is 44.1 Å². The van der Waals surface area contributed by atoms with Crippen molar-refractivity contribution in [2.75, 3.05) is 49.5 Å². The number of halogens is 4. The number of nitrogens with one attached hydrogen (secondary N) is 1. The summed E-state index contributed by atoms with van der Waals surface area (Å²) in [6.45, 7) is 3.61. The number of piperazine rings is 1. The summed E-state index contributed by atoms with van der Waals surface area (Å²) < 4.78 is 38.0. The fourth-order valence-electron chi connectivity index (χ4n) is 2.89. The maximum atomic E-state index is 12.7. The van der Waals surface area contributed by atoms with E-state index in [0.29, 0.717) is 17.5 Å². The topological polar surface area (TPSA) is 82.7 Å². The monoisotopic (exact) mass is 427 g/mol. The lowest BCUT2D eigenvalue weighted by atomic mass is 10.2. The molecule has 156 valence electrons. The quantitative estimate of drug-likeness (QED) is 0.434. The van der Waals surface area contributed by atoms with Crippen LogP contribution in [0.25, 0.3) is 0 Å². The standard InChI is InChI=1S/C18H21ClF3N7/c19-13-1-3-14(4-2-13)28-9-11-29(12-10-28)16(23)24-7-8-26-17-25-6-5-15(27-17)18(20,21)22/h1-6H,7-12H2,(H2,23,24)(H,25,26,27). The smallest absolute Gasteiger partial charge is 0.370 e. The number of alkyl halides is 3. The molecule has 1 fully saturated rings. The largest absolute Gasteiger partial charge is 0.433 e. The maximum absolute atomic E-state index is 12.7. The fraction of sp³-hybridized carbons (Fsp3) is 0.389. The molecule has 0 unspecified atom stereocenters. The fourth-order valence-corrected chi connectivity index (χ4v) is 3.01. The Kier molecular flexibility index (Phi) is 6.63. The van der Waals surface area contributed by atoms with Crippen LogP contribution >= 0.6 is 11.6 Å². The van der Waals surface area contributed by atoms with Crippen molar-refractivity contribution in [3.63, 3.8) is 0 Å². The van der Waals surface area contributed by atoms with Crippen LogP contribution in [0, 0.1) is 0 Å². The number of rotatable bonds is 5. The second kappa shape index (κ2) is 9.17. The van der Waals surface area contributed by atoms with Crippen molar-refractivity contribution < 1.29 is 13.2 Å². The molecule has 1 aromatic carbocycles. The first-order valence-corrected chi connectivity index (χ1v) is 9.40. The Morgan fingerprint density at radius 1 is 1.14 bits per heavy atom. The average molecular weight is 428 g/mol. The van der Waals surface area contributed by atoms with E-state index in [9.17, 15) is 13.2 Å². The van der Waals surface area contributed by atoms with Crippen LogP contribution in [0.5, 0.6) is 0 Å². The molecule has 3 rings (SSSR count). The Balaban J connectivity index is 1.44. The minimum atomic E-state index is -4.50. The number of aromatic nitrogens is 2. The normalized spacial score (nSPS) is 15.5. The van der Waals surface area contributed by atoms with E-state index in [4.69, 9.17) is 17.3 Å². The van der Waals surface area contributed by atoms with Crippen LogP contribution in [-0.2, 0) is 6.18 Å². The molecule has 0 radical (unpaired) electrons. The molecular formula is C18H21ClF3N7. The summed E-state index contributed by atoms with van der Waals surface area (Å²) in [5.74, 6) is 0.317. The van der Waals surface area contributed by atoms with Gasteiger partial charge < -0.3 is 20.9 Å². The maximum Gasteiger partial charge on any atom is 0.433 e. The van der Waals surface area contributed by atoms with E-state index in [1.807, 2.05) is 29.2 Å². The zero-order valence-corrected chi connectivity index (χ0v) is 16.3. The number of benzene rings is 1. The highest BCUT2D eigenvalue weighted by molar-refractivity contribution is 6.30. The minimum absolute atomic E-state index is 0.0924. The molecule has 7 nitrogen and oxygen atoms in total. The van der Waals surface area contributed by atoms with E-state index in [1.165, 1.54) is 0 Å². The third-order valence-corrected chi connectivity index (χ3v) is 4.66. The van der Waals surface area contributed by atoms with Gasteiger partial charge in [-0.1, -0.05) is 11.6 Å². The number of anilines is 2. The van der Waals surface area contributed by atoms with Crippen LogP contribution in [0.2, 0.25) is 5.02 Å². The van der Waals surface area contributed by atoms with Gasteiger partial charge in [0.2, 0.25) is 5.95 Å². The van der Waals surface area contributed by atoms with Gasteiger partial charge in [0.15, 0.2) is 5.96 Å². The van der Waals surface area contributed by atoms with Gasteiger partial charge in [-0.25, -0.2) is 9.97 Å². The van der Waals surface area contributed by atoms with Crippen LogP contribution < -0.4 is 16.0 Å². The Labute approximate surface area is 171 Å². The highest BCUT2D eigenvalue weighted by Gasteiger charge is 2.32. The zero-order chi connectivity index (χ0) is 20.9. The number of guanidine groups is 1. The van der Waals surface area contributed by atoms with E-state index in [1.54, 1.807) is 0 Å². The summed E-state index contributed by atoms with van der Waals surface area (Å²) in [4.78, 5) is 15.7. The van der Waals surface area contributed by atoms with Gasteiger partial charge >= 0.3 is 6.18 Å². The third kappa shape index (κ3) is 5.86. The van der Waals surface area contributed by atoms with Crippen molar-refractivity contribution in [2.45, 2.75) is 6.18 Å². The van der Waals surface area contributed by atoms with Crippen LogP contribution in [0.3, 0.4) is 0 Å². The number of hydrogen-bond acceptors (Lipinski definition) is 5. The van der Waals surface area contributed by atoms with Crippen molar-refractivity contribution >= 4 is 29.2 Å². The molecule has 0 amide bonds. The van der Waals surface area contributed by atoms with E-state index in [2.05, 4.69) is 25.2 Å². The number of aliphatic imine (C=N–C) groups is 1. The Morgan fingerprint density at radius 2 is 1.83 bits per heavy atom.